The molecule has 0 radical (unpaired) electrons. The number of hydrogen-bond donors (Lipinski definition) is 0. The van der Waals surface area contributed by atoms with Crippen molar-refractivity contribution in [1.82, 2.24) is 0 Å². The summed E-state index contributed by atoms with van der Waals surface area (Å²) in [5.74, 6) is 9.38. The van der Waals surface area contributed by atoms with Gasteiger partial charge < -0.3 is 9.47 Å². The van der Waals surface area contributed by atoms with Crippen LogP contribution in [0.4, 0.5) is 0 Å². The Kier molecular flexibility index (Phi) is 5.89. The second kappa shape index (κ2) is 8.32. The van der Waals surface area contributed by atoms with Gasteiger partial charge >= 0.3 is 0 Å². The number of benzene rings is 2. The Morgan fingerprint density at radius 1 is 0.692 bits per heavy atom. The maximum absolute atomic E-state index is 5.99. The molecular weight excluding hydrogens is 320 g/mol. The average molecular weight is 348 g/mol. The summed E-state index contributed by atoms with van der Waals surface area (Å²) in [4.78, 5) is 0. The summed E-state index contributed by atoms with van der Waals surface area (Å²) in [6, 6.07) is 12.7. The standard InChI is InChI=1S/C24H28O2/c1-17(2)19-9-11-23-21(15-19)7-8-22-16-20(18(3)4)10-12-24(22)26-14-6-5-13-25-23/h9-12,15-18H,5-6,13-14H2,1-4H3. The van der Waals surface area contributed by atoms with E-state index in [0.29, 0.717) is 25.0 Å². The van der Waals surface area contributed by atoms with Gasteiger partial charge in [-0.15, -0.1) is 0 Å². The topological polar surface area (TPSA) is 18.5 Å². The molecule has 3 rings (SSSR count). The van der Waals surface area contributed by atoms with Crippen molar-refractivity contribution < 1.29 is 9.47 Å². The molecule has 0 aliphatic carbocycles. The minimum Gasteiger partial charge on any atom is -0.492 e. The van der Waals surface area contributed by atoms with E-state index in [0.717, 1.165) is 35.5 Å². The Balaban J connectivity index is 2.08. The third-order valence-electron chi connectivity index (χ3n) is 4.73. The molecule has 0 saturated carbocycles. The summed E-state index contributed by atoms with van der Waals surface area (Å²) in [6.07, 6.45) is 1.94. The largest absolute Gasteiger partial charge is 0.492 e. The molecule has 0 atom stereocenters. The molecule has 2 nitrogen and oxygen atoms in total. The van der Waals surface area contributed by atoms with Gasteiger partial charge in [-0.25, -0.2) is 0 Å². The highest BCUT2D eigenvalue weighted by molar-refractivity contribution is 5.55. The predicted molar refractivity (Wildman–Crippen MR) is 107 cm³/mol. The number of hydrogen-bond acceptors (Lipinski definition) is 2. The fraction of sp³-hybridized carbons (Fsp3) is 0.417. The van der Waals surface area contributed by atoms with Crippen molar-refractivity contribution in [3.05, 3.63) is 58.7 Å². The molecule has 0 amide bonds. The molecule has 0 fully saturated rings. The fourth-order valence-electron chi connectivity index (χ4n) is 2.96. The number of ether oxygens (including phenoxy) is 2. The van der Waals surface area contributed by atoms with Gasteiger partial charge in [0.1, 0.15) is 11.5 Å². The van der Waals surface area contributed by atoms with Gasteiger partial charge in [0.05, 0.1) is 24.3 Å². The molecule has 136 valence electrons. The molecule has 1 aliphatic heterocycles. The lowest BCUT2D eigenvalue weighted by atomic mass is 9.99. The van der Waals surface area contributed by atoms with E-state index in [-0.39, 0.29) is 0 Å². The molecule has 2 heteroatoms. The van der Waals surface area contributed by atoms with Gasteiger partial charge in [-0.2, -0.15) is 0 Å². The molecule has 0 saturated heterocycles. The third kappa shape index (κ3) is 4.41. The van der Waals surface area contributed by atoms with E-state index >= 15 is 0 Å². The van der Waals surface area contributed by atoms with Gasteiger partial charge in [0.25, 0.3) is 0 Å². The maximum Gasteiger partial charge on any atom is 0.134 e. The van der Waals surface area contributed by atoms with Crippen molar-refractivity contribution in [2.45, 2.75) is 52.4 Å². The smallest absolute Gasteiger partial charge is 0.134 e. The zero-order valence-corrected chi connectivity index (χ0v) is 16.3. The van der Waals surface area contributed by atoms with Crippen molar-refractivity contribution >= 4 is 0 Å². The zero-order chi connectivity index (χ0) is 18.5. The quantitative estimate of drug-likeness (QED) is 0.631. The van der Waals surface area contributed by atoms with E-state index in [1.807, 2.05) is 0 Å². The van der Waals surface area contributed by atoms with Crippen LogP contribution in [0.2, 0.25) is 0 Å². The lowest BCUT2D eigenvalue weighted by Crippen LogP contribution is -2.05. The van der Waals surface area contributed by atoms with Crippen LogP contribution >= 0.6 is 0 Å². The van der Waals surface area contributed by atoms with E-state index in [9.17, 15) is 0 Å². The van der Waals surface area contributed by atoms with Gasteiger partial charge in [0, 0.05) is 0 Å². The predicted octanol–water partition coefficient (Wildman–Crippen LogP) is 5.88. The van der Waals surface area contributed by atoms with Crippen molar-refractivity contribution in [1.29, 1.82) is 0 Å². The molecule has 0 aromatic heterocycles. The minimum absolute atomic E-state index is 0.464. The molecule has 26 heavy (non-hydrogen) atoms. The first-order chi connectivity index (χ1) is 12.5. The monoisotopic (exact) mass is 348 g/mol. The Hall–Kier alpha value is -2.40. The summed E-state index contributed by atoms with van der Waals surface area (Å²) in [5.41, 5.74) is 4.47. The summed E-state index contributed by atoms with van der Waals surface area (Å²) < 4.78 is 12.0. The zero-order valence-electron chi connectivity index (χ0n) is 16.3. The molecule has 1 aliphatic rings. The van der Waals surface area contributed by atoms with Crippen molar-refractivity contribution in [2.24, 2.45) is 0 Å². The third-order valence-corrected chi connectivity index (χ3v) is 4.73. The van der Waals surface area contributed by atoms with E-state index < -0.39 is 0 Å². The Morgan fingerprint density at radius 2 is 1.12 bits per heavy atom. The lowest BCUT2D eigenvalue weighted by Gasteiger charge is -2.14. The molecule has 0 unspecified atom stereocenters. The molecule has 2 aromatic rings. The van der Waals surface area contributed by atoms with Crippen LogP contribution in [0.1, 0.15) is 74.6 Å². The SMILES string of the molecule is CC(C)c1ccc2c(c1)C#Cc1cc(C(C)C)ccc1OCCCCO2. The molecular formula is C24H28O2. The number of fused-ring (bicyclic) bond motifs is 2. The first-order valence-corrected chi connectivity index (χ1v) is 9.60. The van der Waals surface area contributed by atoms with Crippen molar-refractivity contribution in [2.75, 3.05) is 13.2 Å². The number of rotatable bonds is 2. The Morgan fingerprint density at radius 3 is 1.50 bits per heavy atom. The van der Waals surface area contributed by atoms with Crippen molar-refractivity contribution in [3.63, 3.8) is 0 Å². The Labute approximate surface area is 157 Å². The van der Waals surface area contributed by atoms with E-state index in [4.69, 9.17) is 9.47 Å². The van der Waals surface area contributed by atoms with Crippen LogP contribution in [0, 0.1) is 11.8 Å². The summed E-state index contributed by atoms with van der Waals surface area (Å²) >= 11 is 0. The maximum atomic E-state index is 5.99. The van der Waals surface area contributed by atoms with Gasteiger partial charge in [-0.1, -0.05) is 51.7 Å². The fourth-order valence-corrected chi connectivity index (χ4v) is 2.96. The summed E-state index contributed by atoms with van der Waals surface area (Å²) in [6.45, 7) is 10.2. The van der Waals surface area contributed by atoms with E-state index in [1.165, 1.54) is 11.1 Å². The van der Waals surface area contributed by atoms with E-state index in [1.54, 1.807) is 0 Å². The highest BCUT2D eigenvalue weighted by atomic mass is 16.5. The Bertz CT molecular complexity index is 754. The van der Waals surface area contributed by atoms with Gasteiger partial charge in [0.2, 0.25) is 0 Å². The summed E-state index contributed by atoms with van der Waals surface area (Å²) in [7, 11) is 0. The van der Waals surface area contributed by atoms with Crippen LogP contribution in [-0.4, -0.2) is 13.2 Å². The van der Waals surface area contributed by atoms with Crippen LogP contribution in [0.25, 0.3) is 0 Å². The second-order valence-corrected chi connectivity index (χ2v) is 7.47. The van der Waals surface area contributed by atoms with Crippen LogP contribution in [0.5, 0.6) is 11.5 Å². The van der Waals surface area contributed by atoms with Gasteiger partial charge in [0.15, 0.2) is 0 Å². The van der Waals surface area contributed by atoms with E-state index in [2.05, 4.69) is 75.9 Å². The van der Waals surface area contributed by atoms with Crippen LogP contribution < -0.4 is 9.47 Å². The second-order valence-electron chi connectivity index (χ2n) is 7.47. The first kappa shape index (κ1) is 18.4. The van der Waals surface area contributed by atoms with Gasteiger partial charge in [-0.05, 0) is 60.1 Å². The summed E-state index contributed by atoms with van der Waals surface area (Å²) in [5, 5.41) is 0. The van der Waals surface area contributed by atoms with Crippen LogP contribution in [-0.2, 0) is 0 Å². The lowest BCUT2D eigenvalue weighted by molar-refractivity contribution is 0.265. The highest BCUT2D eigenvalue weighted by Crippen LogP contribution is 2.27. The molecule has 0 N–H and O–H groups in total. The normalized spacial score (nSPS) is 14.1. The molecule has 0 spiro atoms. The minimum atomic E-state index is 0.464. The first-order valence-electron chi connectivity index (χ1n) is 9.60. The van der Waals surface area contributed by atoms with Crippen LogP contribution in [0.15, 0.2) is 36.4 Å². The molecule has 0 bridgehead atoms. The van der Waals surface area contributed by atoms with Gasteiger partial charge in [-0.3, -0.25) is 0 Å². The molecule has 2 aromatic carbocycles. The highest BCUT2D eigenvalue weighted by Gasteiger charge is 2.10. The molecule has 1 heterocycles. The van der Waals surface area contributed by atoms with Crippen molar-refractivity contribution in [3.8, 4) is 23.3 Å². The average Bonchev–Trinajstić information content (AvgIpc) is 2.62. The van der Waals surface area contributed by atoms with Crippen LogP contribution in [0.3, 0.4) is 0 Å².